The van der Waals surface area contributed by atoms with Crippen LogP contribution in [-0.4, -0.2) is 65.2 Å². The smallest absolute Gasteiger partial charge is 0.387 e. The molecule has 31 heavy (non-hydrogen) atoms. The highest BCUT2D eigenvalue weighted by Crippen LogP contribution is 2.23. The van der Waals surface area contributed by atoms with E-state index in [1.54, 1.807) is 28.4 Å². The first-order valence-electron chi connectivity index (χ1n) is 10.0. The van der Waals surface area contributed by atoms with Crippen LogP contribution in [0.25, 0.3) is 10.7 Å². The van der Waals surface area contributed by atoms with Crippen molar-refractivity contribution in [3.63, 3.8) is 0 Å². The Hall–Kier alpha value is -2.85. The molecule has 1 aliphatic heterocycles. The number of rotatable bonds is 8. The number of para-hydroxylation sites is 1. The van der Waals surface area contributed by atoms with Gasteiger partial charge in [-0.15, -0.1) is 11.3 Å². The third-order valence-corrected chi connectivity index (χ3v) is 5.93. The van der Waals surface area contributed by atoms with Crippen molar-refractivity contribution in [1.82, 2.24) is 19.9 Å². The average Bonchev–Trinajstić information content (AvgIpc) is 3.46. The molecule has 164 valence electrons. The van der Waals surface area contributed by atoms with Crippen LogP contribution in [0.15, 0.2) is 46.3 Å². The molecule has 1 aliphatic rings. The summed E-state index contributed by atoms with van der Waals surface area (Å²) in [7, 11) is 0. The highest BCUT2D eigenvalue weighted by molar-refractivity contribution is 7.13. The van der Waals surface area contributed by atoms with Gasteiger partial charge in [-0.1, -0.05) is 23.4 Å². The predicted octanol–water partition coefficient (Wildman–Crippen LogP) is 3.79. The lowest BCUT2D eigenvalue weighted by Gasteiger charge is -2.34. The number of halogens is 2. The van der Waals surface area contributed by atoms with Gasteiger partial charge in [0.15, 0.2) is 0 Å². The van der Waals surface area contributed by atoms with Gasteiger partial charge in [0.25, 0.3) is 5.91 Å². The number of hydrogen-bond acceptors (Lipinski definition) is 7. The van der Waals surface area contributed by atoms with E-state index < -0.39 is 6.61 Å². The molecule has 0 saturated carbocycles. The molecule has 0 aliphatic carbocycles. The van der Waals surface area contributed by atoms with E-state index in [2.05, 4.69) is 19.8 Å². The number of thiophene rings is 1. The van der Waals surface area contributed by atoms with Gasteiger partial charge in [-0.05, 0) is 36.5 Å². The normalized spacial score (nSPS) is 14.9. The van der Waals surface area contributed by atoms with Crippen molar-refractivity contribution < 1.29 is 22.8 Å². The first kappa shape index (κ1) is 21.4. The molecule has 4 rings (SSSR count). The minimum Gasteiger partial charge on any atom is -0.434 e. The molecule has 3 aromatic rings. The standard InChI is InChI=1S/C21H22F2N4O3S/c22-21(23)29-16-6-2-1-5-15(16)20(28)27-12-10-26(11-13-27)9-3-8-18-24-19(25-30-18)17-7-4-14-31-17/h1-2,4-7,14,21H,3,8-13H2. The quantitative estimate of drug-likeness (QED) is 0.522. The SMILES string of the molecule is O=C(c1ccccc1OC(F)F)N1CCN(CCCc2nc(-c3cccs3)no2)CC1. The van der Waals surface area contributed by atoms with Crippen molar-refractivity contribution in [1.29, 1.82) is 0 Å². The van der Waals surface area contributed by atoms with Gasteiger partial charge in [0.2, 0.25) is 11.7 Å². The second-order valence-corrected chi connectivity index (χ2v) is 8.05. The van der Waals surface area contributed by atoms with Crippen LogP contribution >= 0.6 is 11.3 Å². The van der Waals surface area contributed by atoms with Crippen LogP contribution in [0.1, 0.15) is 22.7 Å². The van der Waals surface area contributed by atoms with Gasteiger partial charge in [-0.25, -0.2) is 0 Å². The third kappa shape index (κ3) is 5.45. The molecule has 2 aromatic heterocycles. The molecule has 1 fully saturated rings. The van der Waals surface area contributed by atoms with E-state index in [-0.39, 0.29) is 17.2 Å². The monoisotopic (exact) mass is 448 g/mol. The van der Waals surface area contributed by atoms with Gasteiger partial charge in [-0.2, -0.15) is 13.8 Å². The molecule has 0 unspecified atom stereocenters. The molecule has 0 radical (unpaired) electrons. The number of amides is 1. The van der Waals surface area contributed by atoms with Gasteiger partial charge in [0.05, 0.1) is 10.4 Å². The lowest BCUT2D eigenvalue weighted by atomic mass is 10.1. The Morgan fingerprint density at radius 3 is 2.71 bits per heavy atom. The molecule has 3 heterocycles. The lowest BCUT2D eigenvalue weighted by Crippen LogP contribution is -2.49. The summed E-state index contributed by atoms with van der Waals surface area (Å²) in [6.45, 7) is 0.382. The maximum absolute atomic E-state index is 12.8. The number of aryl methyl sites for hydroxylation is 1. The van der Waals surface area contributed by atoms with Crippen LogP contribution in [0.5, 0.6) is 5.75 Å². The molecule has 0 atom stereocenters. The van der Waals surface area contributed by atoms with Crippen LogP contribution in [0.3, 0.4) is 0 Å². The largest absolute Gasteiger partial charge is 0.434 e. The summed E-state index contributed by atoms with van der Waals surface area (Å²) in [4.78, 5) is 22.1. The number of ether oxygens (including phenoxy) is 1. The van der Waals surface area contributed by atoms with Crippen LogP contribution in [-0.2, 0) is 6.42 Å². The maximum Gasteiger partial charge on any atom is 0.387 e. The van der Waals surface area contributed by atoms with Crippen molar-refractivity contribution in [2.24, 2.45) is 0 Å². The fourth-order valence-electron chi connectivity index (χ4n) is 3.50. The second-order valence-electron chi connectivity index (χ2n) is 7.10. The fourth-order valence-corrected chi connectivity index (χ4v) is 4.15. The highest BCUT2D eigenvalue weighted by atomic mass is 32.1. The van der Waals surface area contributed by atoms with Gasteiger partial charge in [0.1, 0.15) is 5.75 Å². The van der Waals surface area contributed by atoms with E-state index in [1.165, 1.54) is 12.1 Å². The van der Waals surface area contributed by atoms with Gasteiger partial charge >= 0.3 is 6.61 Å². The summed E-state index contributed by atoms with van der Waals surface area (Å²) in [5.74, 6) is 0.857. The summed E-state index contributed by atoms with van der Waals surface area (Å²) in [6.07, 6.45) is 1.56. The predicted molar refractivity (Wildman–Crippen MR) is 111 cm³/mol. The molecule has 0 N–H and O–H groups in total. The number of aromatic nitrogens is 2. The zero-order valence-electron chi connectivity index (χ0n) is 16.7. The minimum atomic E-state index is -2.97. The summed E-state index contributed by atoms with van der Waals surface area (Å²) < 4.78 is 35.0. The average molecular weight is 448 g/mol. The van der Waals surface area contributed by atoms with E-state index in [0.717, 1.165) is 17.8 Å². The summed E-state index contributed by atoms with van der Waals surface area (Å²) in [5.41, 5.74) is 0.161. The molecule has 10 heteroatoms. The van der Waals surface area contributed by atoms with Crippen LogP contribution in [0.2, 0.25) is 0 Å². The van der Waals surface area contributed by atoms with E-state index in [0.29, 0.717) is 44.3 Å². The first-order chi connectivity index (χ1) is 15.1. The molecule has 1 aromatic carbocycles. The minimum absolute atomic E-state index is 0.0913. The van der Waals surface area contributed by atoms with Crippen LogP contribution in [0, 0.1) is 0 Å². The van der Waals surface area contributed by atoms with Crippen molar-refractivity contribution in [2.75, 3.05) is 32.7 Å². The summed E-state index contributed by atoms with van der Waals surface area (Å²) in [6, 6.07) is 10.0. The number of hydrogen-bond donors (Lipinski definition) is 0. The Bertz CT molecular complexity index is 988. The second kappa shape index (κ2) is 9.97. The van der Waals surface area contributed by atoms with E-state index >= 15 is 0 Å². The maximum atomic E-state index is 12.8. The zero-order chi connectivity index (χ0) is 21.6. The topological polar surface area (TPSA) is 71.7 Å². The summed E-state index contributed by atoms with van der Waals surface area (Å²) in [5, 5.41) is 5.99. The molecular formula is C21H22F2N4O3S. The molecule has 1 amide bonds. The molecule has 1 saturated heterocycles. The van der Waals surface area contributed by atoms with Crippen LogP contribution < -0.4 is 4.74 Å². The number of carbonyl (C=O) groups excluding carboxylic acids is 1. The molecule has 0 bridgehead atoms. The number of carbonyl (C=O) groups is 1. The Balaban J connectivity index is 1.23. The number of benzene rings is 1. The Kier molecular flexibility index (Phi) is 6.88. The van der Waals surface area contributed by atoms with E-state index in [4.69, 9.17) is 4.52 Å². The highest BCUT2D eigenvalue weighted by Gasteiger charge is 2.25. The van der Waals surface area contributed by atoms with Gasteiger partial charge in [-0.3, -0.25) is 9.69 Å². The van der Waals surface area contributed by atoms with Gasteiger partial charge in [0, 0.05) is 32.6 Å². The Morgan fingerprint density at radius 2 is 1.97 bits per heavy atom. The number of nitrogens with zero attached hydrogens (tertiary/aromatic N) is 4. The summed E-state index contributed by atoms with van der Waals surface area (Å²) >= 11 is 1.57. The van der Waals surface area contributed by atoms with E-state index in [1.807, 2.05) is 17.5 Å². The van der Waals surface area contributed by atoms with Crippen molar-refractivity contribution in [3.8, 4) is 16.5 Å². The third-order valence-electron chi connectivity index (χ3n) is 5.07. The van der Waals surface area contributed by atoms with Crippen LogP contribution in [0.4, 0.5) is 8.78 Å². The Labute approximate surface area is 182 Å². The fraction of sp³-hybridized carbons (Fsp3) is 0.381. The number of alkyl halides is 2. The van der Waals surface area contributed by atoms with E-state index in [9.17, 15) is 13.6 Å². The number of piperazine rings is 1. The van der Waals surface area contributed by atoms with Gasteiger partial charge < -0.3 is 14.2 Å². The van der Waals surface area contributed by atoms with Crippen molar-refractivity contribution in [2.45, 2.75) is 19.5 Å². The molecule has 7 nitrogen and oxygen atoms in total. The lowest BCUT2D eigenvalue weighted by molar-refractivity contribution is -0.0503. The molecular weight excluding hydrogens is 426 g/mol. The van der Waals surface area contributed by atoms with Crippen molar-refractivity contribution in [3.05, 3.63) is 53.2 Å². The zero-order valence-corrected chi connectivity index (χ0v) is 17.6. The first-order valence-corrected chi connectivity index (χ1v) is 10.9. The molecule has 0 spiro atoms. The van der Waals surface area contributed by atoms with Crippen molar-refractivity contribution >= 4 is 17.2 Å². The Morgan fingerprint density at radius 1 is 1.16 bits per heavy atom.